The number of hydrogen-bond donors (Lipinski definition) is 1. The highest BCUT2D eigenvalue weighted by Crippen LogP contribution is 2.22. The van der Waals surface area contributed by atoms with Crippen LogP contribution in [-0.4, -0.2) is 60.0 Å². The van der Waals surface area contributed by atoms with Crippen LogP contribution < -0.4 is 5.32 Å². The number of amides is 2. The van der Waals surface area contributed by atoms with Crippen molar-refractivity contribution in [2.24, 2.45) is 5.10 Å². The molecular formula is C22H26N4O3S. The number of hydrazone groups is 1. The highest BCUT2D eigenvalue weighted by molar-refractivity contribution is 8.14. The van der Waals surface area contributed by atoms with Crippen LogP contribution in [0.3, 0.4) is 0 Å². The number of rotatable bonds is 8. The third-order valence-electron chi connectivity index (χ3n) is 4.38. The molecule has 0 aromatic heterocycles. The first kappa shape index (κ1) is 21.9. The summed E-state index contributed by atoms with van der Waals surface area (Å²) in [6.07, 6.45) is 0.289. The van der Waals surface area contributed by atoms with E-state index < -0.39 is 6.09 Å². The zero-order valence-electron chi connectivity index (χ0n) is 17.2. The quantitative estimate of drug-likeness (QED) is 0.639. The maximum Gasteiger partial charge on any atom is 0.411 e. The lowest BCUT2D eigenvalue weighted by molar-refractivity contribution is 0.156. The molecule has 1 aliphatic heterocycles. The van der Waals surface area contributed by atoms with Gasteiger partial charge in [0.2, 0.25) is 0 Å². The van der Waals surface area contributed by atoms with Crippen LogP contribution >= 0.6 is 11.8 Å². The van der Waals surface area contributed by atoms with Gasteiger partial charge in [-0.25, -0.2) is 9.80 Å². The molecule has 1 aliphatic rings. The molecule has 0 unspecified atom stereocenters. The molecule has 158 valence electrons. The molecule has 1 heterocycles. The summed E-state index contributed by atoms with van der Waals surface area (Å²) in [5.41, 5.74) is 3.37. The zero-order chi connectivity index (χ0) is 21.3. The third-order valence-corrected chi connectivity index (χ3v) is 5.26. The minimum atomic E-state index is -0.486. The van der Waals surface area contributed by atoms with E-state index in [0.29, 0.717) is 24.6 Å². The molecule has 30 heavy (non-hydrogen) atoms. The van der Waals surface area contributed by atoms with Crippen molar-refractivity contribution in [1.29, 1.82) is 0 Å². The first-order valence-electron chi connectivity index (χ1n) is 9.76. The van der Waals surface area contributed by atoms with Gasteiger partial charge in [0, 0.05) is 18.0 Å². The van der Waals surface area contributed by atoms with Crippen molar-refractivity contribution < 1.29 is 14.3 Å². The maximum absolute atomic E-state index is 12.3. The summed E-state index contributed by atoms with van der Waals surface area (Å²) in [6.45, 7) is 1.55. The van der Waals surface area contributed by atoms with Gasteiger partial charge >= 0.3 is 11.3 Å². The third kappa shape index (κ3) is 6.60. The Bertz CT molecular complexity index is 902. The highest BCUT2D eigenvalue weighted by Gasteiger charge is 2.22. The summed E-state index contributed by atoms with van der Waals surface area (Å²) in [4.78, 5) is 26.3. The van der Waals surface area contributed by atoms with Crippen molar-refractivity contribution in [1.82, 2.24) is 9.91 Å². The van der Waals surface area contributed by atoms with Crippen molar-refractivity contribution in [3.8, 4) is 0 Å². The SMILES string of the molecule is CN(C)CCCOC(=O)Nc1cccc(CN2N=C(c3ccccc3)CSC2=O)c1. The normalized spacial score (nSPS) is 13.9. The lowest BCUT2D eigenvalue weighted by Gasteiger charge is -2.23. The van der Waals surface area contributed by atoms with E-state index >= 15 is 0 Å². The van der Waals surface area contributed by atoms with Gasteiger partial charge in [-0.05, 0) is 43.8 Å². The van der Waals surface area contributed by atoms with E-state index in [2.05, 4.69) is 10.4 Å². The van der Waals surface area contributed by atoms with E-state index in [9.17, 15) is 9.59 Å². The molecule has 7 nitrogen and oxygen atoms in total. The number of carbonyl (C=O) groups excluding carboxylic acids is 2. The van der Waals surface area contributed by atoms with Gasteiger partial charge in [0.25, 0.3) is 0 Å². The molecule has 0 fully saturated rings. The lowest BCUT2D eigenvalue weighted by Crippen LogP contribution is -2.29. The van der Waals surface area contributed by atoms with Gasteiger partial charge in [-0.1, -0.05) is 54.2 Å². The fourth-order valence-corrected chi connectivity index (χ4v) is 3.65. The Hall–Kier alpha value is -2.84. The van der Waals surface area contributed by atoms with E-state index in [-0.39, 0.29) is 5.24 Å². The summed E-state index contributed by atoms with van der Waals surface area (Å²) in [6, 6.07) is 17.2. The lowest BCUT2D eigenvalue weighted by atomic mass is 10.1. The number of nitrogens with zero attached hydrogens (tertiary/aromatic N) is 3. The predicted molar refractivity (Wildman–Crippen MR) is 121 cm³/mol. The molecule has 0 saturated heterocycles. The number of benzene rings is 2. The van der Waals surface area contributed by atoms with Crippen molar-refractivity contribution in [2.75, 3.05) is 38.3 Å². The second kappa shape index (κ2) is 10.8. The summed E-state index contributed by atoms with van der Waals surface area (Å²) in [5, 5.41) is 8.66. The number of ether oxygens (including phenoxy) is 1. The molecule has 0 radical (unpaired) electrons. The smallest absolute Gasteiger partial charge is 0.411 e. The molecule has 2 aromatic carbocycles. The number of hydrogen-bond acceptors (Lipinski definition) is 6. The number of thioether (sulfide) groups is 1. The van der Waals surface area contributed by atoms with Crippen LogP contribution in [0, 0.1) is 0 Å². The molecule has 8 heteroatoms. The summed E-state index contributed by atoms with van der Waals surface area (Å²) >= 11 is 1.24. The van der Waals surface area contributed by atoms with Gasteiger partial charge in [0.05, 0.1) is 18.9 Å². The second-order valence-corrected chi connectivity index (χ2v) is 8.07. The van der Waals surface area contributed by atoms with Gasteiger partial charge in [-0.3, -0.25) is 10.1 Å². The van der Waals surface area contributed by atoms with E-state index in [1.807, 2.05) is 67.5 Å². The minimum absolute atomic E-state index is 0.0895. The summed E-state index contributed by atoms with van der Waals surface area (Å²) < 4.78 is 5.20. The zero-order valence-corrected chi connectivity index (χ0v) is 18.0. The Kier molecular flexibility index (Phi) is 7.87. The molecule has 0 bridgehead atoms. The summed E-state index contributed by atoms with van der Waals surface area (Å²) in [7, 11) is 3.95. The standard InChI is InChI=1S/C22H26N4O3S/c1-25(2)12-7-13-29-21(27)23-19-11-6-8-17(14-19)15-26-22(28)30-16-20(24-26)18-9-4-3-5-10-18/h3-6,8-11,14H,7,12-13,15-16H2,1-2H3,(H,23,27). The largest absolute Gasteiger partial charge is 0.449 e. The van der Waals surface area contributed by atoms with Crippen LogP contribution in [0.1, 0.15) is 17.5 Å². The minimum Gasteiger partial charge on any atom is -0.449 e. The Balaban J connectivity index is 1.60. The average Bonchev–Trinajstić information content (AvgIpc) is 2.73. The van der Waals surface area contributed by atoms with Gasteiger partial charge in [0.15, 0.2) is 0 Å². The van der Waals surface area contributed by atoms with Crippen molar-refractivity contribution in [3.63, 3.8) is 0 Å². The summed E-state index contributed by atoms with van der Waals surface area (Å²) in [5.74, 6) is 0.556. The van der Waals surface area contributed by atoms with Crippen LogP contribution in [0.2, 0.25) is 0 Å². The number of anilines is 1. The molecule has 2 aromatic rings. The van der Waals surface area contributed by atoms with Crippen molar-refractivity contribution >= 4 is 34.5 Å². The van der Waals surface area contributed by atoms with Gasteiger partial charge in [-0.2, -0.15) is 5.10 Å². The first-order chi connectivity index (χ1) is 14.5. The fourth-order valence-electron chi connectivity index (χ4n) is 2.91. The van der Waals surface area contributed by atoms with Crippen LogP contribution in [0.15, 0.2) is 59.7 Å². The Morgan fingerprint density at radius 1 is 1.20 bits per heavy atom. The van der Waals surface area contributed by atoms with Gasteiger partial charge < -0.3 is 9.64 Å². The number of carbonyl (C=O) groups is 2. The number of nitrogens with one attached hydrogen (secondary N) is 1. The van der Waals surface area contributed by atoms with E-state index in [1.54, 1.807) is 6.07 Å². The topological polar surface area (TPSA) is 74.2 Å². The Morgan fingerprint density at radius 2 is 2.00 bits per heavy atom. The van der Waals surface area contributed by atoms with Crippen molar-refractivity contribution in [3.05, 3.63) is 65.7 Å². The first-order valence-corrected chi connectivity index (χ1v) is 10.7. The van der Waals surface area contributed by atoms with Crippen molar-refractivity contribution in [2.45, 2.75) is 13.0 Å². The molecule has 3 rings (SSSR count). The van der Waals surface area contributed by atoms with Crippen LogP contribution in [-0.2, 0) is 11.3 Å². The Morgan fingerprint density at radius 3 is 2.77 bits per heavy atom. The molecule has 0 atom stereocenters. The van der Waals surface area contributed by atoms with Crippen LogP contribution in [0.5, 0.6) is 0 Å². The average molecular weight is 427 g/mol. The molecule has 0 spiro atoms. The maximum atomic E-state index is 12.3. The Labute approximate surface area is 181 Å². The molecule has 0 saturated carbocycles. The van der Waals surface area contributed by atoms with E-state index in [1.165, 1.54) is 16.8 Å². The predicted octanol–water partition coefficient (Wildman–Crippen LogP) is 4.26. The van der Waals surface area contributed by atoms with Gasteiger partial charge in [-0.15, -0.1) is 0 Å². The molecule has 2 amide bonds. The van der Waals surface area contributed by atoms with Gasteiger partial charge in [0.1, 0.15) is 0 Å². The van der Waals surface area contributed by atoms with E-state index in [4.69, 9.17) is 4.74 Å². The van der Waals surface area contributed by atoms with Crippen LogP contribution in [0.25, 0.3) is 0 Å². The van der Waals surface area contributed by atoms with E-state index in [0.717, 1.165) is 29.8 Å². The fraction of sp³-hybridized carbons (Fsp3) is 0.318. The molecule has 1 N–H and O–H groups in total. The monoisotopic (exact) mass is 426 g/mol. The van der Waals surface area contributed by atoms with Crippen LogP contribution in [0.4, 0.5) is 15.3 Å². The molecular weight excluding hydrogens is 400 g/mol. The molecule has 0 aliphatic carbocycles. The second-order valence-electron chi connectivity index (χ2n) is 7.14. The highest BCUT2D eigenvalue weighted by atomic mass is 32.2.